The largest absolute Gasteiger partial charge is 0.496 e. The van der Waals surface area contributed by atoms with Crippen LogP contribution in [0.25, 0.3) is 33.6 Å². The number of likely N-dealkylation sites (tertiary alicyclic amines) is 1. The van der Waals surface area contributed by atoms with Gasteiger partial charge in [0, 0.05) is 91.4 Å². The molecule has 2 aliphatic rings. The van der Waals surface area contributed by atoms with Crippen molar-refractivity contribution in [2.75, 3.05) is 40.5 Å². The van der Waals surface area contributed by atoms with Crippen molar-refractivity contribution in [3.05, 3.63) is 82.0 Å². The summed E-state index contributed by atoms with van der Waals surface area (Å²) in [5, 5.41) is 4.55. The molecule has 0 atom stereocenters. The van der Waals surface area contributed by atoms with E-state index in [4.69, 9.17) is 47.1 Å². The van der Waals surface area contributed by atoms with E-state index in [1.807, 2.05) is 75.4 Å². The molecule has 13 heteroatoms. The van der Waals surface area contributed by atoms with Crippen molar-refractivity contribution in [1.82, 2.24) is 25.1 Å². The van der Waals surface area contributed by atoms with E-state index in [1.165, 1.54) is 0 Å². The predicted octanol–water partition coefficient (Wildman–Crippen LogP) is 8.82. The van der Waals surface area contributed by atoms with Crippen LogP contribution in [0.15, 0.2) is 60.8 Å². The molecule has 4 heterocycles. The van der Waals surface area contributed by atoms with Crippen LogP contribution in [0.4, 0.5) is 4.79 Å². The van der Waals surface area contributed by atoms with Gasteiger partial charge in [0.15, 0.2) is 0 Å². The number of rotatable bonds is 11. The van der Waals surface area contributed by atoms with Gasteiger partial charge < -0.3 is 34.1 Å². The highest BCUT2D eigenvalue weighted by atomic mass is 35.5. The SMILES string of the molecule is COc1cc(-c2nccc(-c3cccc(-c4ccc(CN(C(=O)OC(C)(C)C)C5CCN(C(C)=O)CC5)c(OC)n4)c3Cl)c2Cl)ccc1CNC1CCOCC1. The van der Waals surface area contributed by atoms with Gasteiger partial charge >= 0.3 is 6.09 Å². The normalized spacial score (nSPS) is 15.4. The molecule has 6 rings (SSSR count). The zero-order chi connectivity index (χ0) is 40.0. The number of aromatic nitrogens is 2. The zero-order valence-corrected chi connectivity index (χ0v) is 34.5. The number of ether oxygens (including phenoxy) is 4. The molecule has 56 heavy (non-hydrogen) atoms. The Morgan fingerprint density at radius 2 is 1.61 bits per heavy atom. The average molecular weight is 805 g/mol. The van der Waals surface area contributed by atoms with Crippen molar-refractivity contribution in [2.45, 2.75) is 84.2 Å². The lowest BCUT2D eigenvalue weighted by Gasteiger charge is -2.39. The Bertz CT molecular complexity index is 2020. The van der Waals surface area contributed by atoms with E-state index in [9.17, 15) is 9.59 Å². The lowest BCUT2D eigenvalue weighted by molar-refractivity contribution is -0.130. The molecule has 2 aromatic heterocycles. The van der Waals surface area contributed by atoms with Crippen LogP contribution < -0.4 is 14.8 Å². The highest BCUT2D eigenvalue weighted by Gasteiger charge is 2.33. The highest BCUT2D eigenvalue weighted by Crippen LogP contribution is 2.42. The number of halogens is 2. The number of carbonyl (C=O) groups excluding carboxylic acids is 2. The minimum atomic E-state index is -0.679. The Balaban J connectivity index is 1.26. The summed E-state index contributed by atoms with van der Waals surface area (Å²) in [6, 6.07) is 17.7. The van der Waals surface area contributed by atoms with Crippen LogP contribution >= 0.6 is 23.2 Å². The second kappa shape index (κ2) is 18.2. The summed E-state index contributed by atoms with van der Waals surface area (Å²) in [7, 11) is 3.22. The number of pyridine rings is 2. The maximum Gasteiger partial charge on any atom is 0.410 e. The average Bonchev–Trinajstić information content (AvgIpc) is 3.19. The molecule has 0 saturated carbocycles. The van der Waals surface area contributed by atoms with Crippen molar-refractivity contribution < 1.29 is 28.5 Å². The molecule has 2 saturated heterocycles. The molecule has 0 bridgehead atoms. The van der Waals surface area contributed by atoms with Crippen molar-refractivity contribution >= 4 is 35.2 Å². The van der Waals surface area contributed by atoms with Gasteiger partial charge in [0.1, 0.15) is 11.4 Å². The maximum atomic E-state index is 13.6. The first kappa shape index (κ1) is 41.2. The number of nitrogens with zero attached hydrogens (tertiary/aromatic N) is 4. The van der Waals surface area contributed by atoms with Crippen LogP contribution in [0.5, 0.6) is 11.6 Å². The van der Waals surface area contributed by atoms with Crippen LogP contribution in [0.3, 0.4) is 0 Å². The van der Waals surface area contributed by atoms with Crippen LogP contribution in [0.2, 0.25) is 10.0 Å². The van der Waals surface area contributed by atoms with E-state index >= 15 is 0 Å². The summed E-state index contributed by atoms with van der Waals surface area (Å²) in [6.45, 7) is 10.7. The minimum absolute atomic E-state index is 0.0310. The van der Waals surface area contributed by atoms with E-state index in [0.29, 0.717) is 77.0 Å². The first-order chi connectivity index (χ1) is 26.9. The minimum Gasteiger partial charge on any atom is -0.496 e. The number of hydrogen-bond acceptors (Lipinski definition) is 9. The van der Waals surface area contributed by atoms with Crippen LogP contribution in [0.1, 0.15) is 64.5 Å². The molecule has 0 spiro atoms. The van der Waals surface area contributed by atoms with Gasteiger partial charge in [0.25, 0.3) is 0 Å². The number of hydrogen-bond donors (Lipinski definition) is 1. The molecule has 2 aromatic carbocycles. The Kier molecular flexibility index (Phi) is 13.4. The van der Waals surface area contributed by atoms with Gasteiger partial charge in [-0.25, -0.2) is 9.78 Å². The first-order valence-corrected chi connectivity index (χ1v) is 19.8. The third kappa shape index (κ3) is 9.74. The molecule has 2 aliphatic heterocycles. The molecule has 4 aromatic rings. The van der Waals surface area contributed by atoms with Gasteiger partial charge in [0.05, 0.1) is 42.2 Å². The fourth-order valence-electron chi connectivity index (χ4n) is 7.24. The maximum absolute atomic E-state index is 13.6. The monoisotopic (exact) mass is 803 g/mol. The Morgan fingerprint density at radius 1 is 0.911 bits per heavy atom. The van der Waals surface area contributed by atoms with E-state index in [0.717, 1.165) is 54.1 Å². The number of methoxy groups -OCH3 is 2. The second-order valence-electron chi connectivity index (χ2n) is 15.2. The third-order valence-electron chi connectivity index (χ3n) is 10.3. The van der Waals surface area contributed by atoms with Gasteiger partial charge in [-0.1, -0.05) is 53.5 Å². The first-order valence-electron chi connectivity index (χ1n) is 19.1. The van der Waals surface area contributed by atoms with Crippen molar-refractivity contribution in [3.63, 3.8) is 0 Å². The number of piperidine rings is 1. The molecule has 1 N–H and O–H groups in total. The van der Waals surface area contributed by atoms with Crippen LogP contribution in [0, 0.1) is 0 Å². The molecule has 298 valence electrons. The highest BCUT2D eigenvalue weighted by molar-refractivity contribution is 6.39. The van der Waals surface area contributed by atoms with Crippen LogP contribution in [-0.4, -0.2) is 90.0 Å². The van der Waals surface area contributed by atoms with Crippen molar-refractivity contribution in [1.29, 1.82) is 0 Å². The fraction of sp³-hybridized carbons (Fsp3) is 0.442. The van der Waals surface area contributed by atoms with E-state index in [2.05, 4.69) is 10.3 Å². The lowest BCUT2D eigenvalue weighted by atomic mass is 9.99. The second-order valence-corrected chi connectivity index (χ2v) is 15.9. The molecule has 2 fully saturated rings. The van der Waals surface area contributed by atoms with Gasteiger partial charge in [-0.3, -0.25) is 9.78 Å². The summed E-state index contributed by atoms with van der Waals surface area (Å²) in [5.41, 5.74) is 5.24. The van der Waals surface area contributed by atoms with Crippen molar-refractivity contribution in [3.8, 4) is 45.3 Å². The number of carbonyl (C=O) groups is 2. The molecule has 0 unspecified atom stereocenters. The third-order valence-corrected chi connectivity index (χ3v) is 11.1. The summed E-state index contributed by atoms with van der Waals surface area (Å²) in [6.07, 6.45) is 4.56. The topological polar surface area (TPSA) is 115 Å². The summed E-state index contributed by atoms with van der Waals surface area (Å²) in [5.74, 6) is 1.15. The van der Waals surface area contributed by atoms with E-state index in [1.54, 1.807) is 37.1 Å². The molecule has 0 aliphatic carbocycles. The Labute approximate surface area is 339 Å². The van der Waals surface area contributed by atoms with Crippen LogP contribution in [-0.2, 0) is 27.4 Å². The number of nitrogens with one attached hydrogen (secondary N) is 1. The van der Waals surface area contributed by atoms with Gasteiger partial charge in [-0.15, -0.1) is 0 Å². The summed E-state index contributed by atoms with van der Waals surface area (Å²) in [4.78, 5) is 38.6. The smallest absolute Gasteiger partial charge is 0.410 e. The van der Waals surface area contributed by atoms with E-state index < -0.39 is 11.7 Å². The van der Waals surface area contributed by atoms with Crippen molar-refractivity contribution in [2.24, 2.45) is 0 Å². The fourth-order valence-corrected chi connectivity index (χ4v) is 7.89. The van der Waals surface area contributed by atoms with E-state index in [-0.39, 0.29) is 18.5 Å². The molecule has 2 amide bonds. The molecule has 0 radical (unpaired) electrons. The summed E-state index contributed by atoms with van der Waals surface area (Å²) >= 11 is 14.3. The molecular weight excluding hydrogens is 753 g/mol. The predicted molar refractivity (Wildman–Crippen MR) is 219 cm³/mol. The number of amides is 2. The summed E-state index contributed by atoms with van der Waals surface area (Å²) < 4.78 is 22.9. The van der Waals surface area contributed by atoms with Gasteiger partial charge in [-0.05, 0) is 70.7 Å². The molecule has 11 nitrogen and oxygen atoms in total. The standard InChI is InChI=1S/C43H51Cl2N5O6/c1-27(51)49-20-15-32(16-21-49)50(42(52)56-43(2,3)4)26-30-12-13-36(48-41(30)54-6)35-9-7-8-33(38(35)44)34-14-19-46-40(39(34)45)28-10-11-29(37(24-28)53-5)25-47-31-17-22-55-23-18-31/h7-14,19,24,31-32,47H,15-18,20-23,25-26H2,1-6H3. The molecular formula is C43H51Cl2N5O6. The number of benzene rings is 2. The Morgan fingerprint density at radius 3 is 2.29 bits per heavy atom. The quantitative estimate of drug-likeness (QED) is 0.159. The van der Waals surface area contributed by atoms with Gasteiger partial charge in [-0.2, -0.15) is 0 Å². The van der Waals surface area contributed by atoms with Gasteiger partial charge in [0.2, 0.25) is 11.8 Å². The lowest BCUT2D eigenvalue weighted by Crippen LogP contribution is -2.49. The zero-order valence-electron chi connectivity index (χ0n) is 33.0. The Hall–Kier alpha value is -4.42.